The van der Waals surface area contributed by atoms with Crippen LogP contribution in [0.25, 0.3) is 5.69 Å². The Morgan fingerprint density at radius 2 is 1.91 bits per heavy atom. The second-order valence-corrected chi connectivity index (χ2v) is 4.92. The van der Waals surface area contributed by atoms with Crippen molar-refractivity contribution in [3.63, 3.8) is 0 Å². The zero-order valence-electron chi connectivity index (χ0n) is 13.6. The van der Waals surface area contributed by atoms with Gasteiger partial charge in [0.1, 0.15) is 0 Å². The maximum atomic E-state index is 10.7. The Kier molecular flexibility index (Phi) is 5.56. The molecule has 1 heterocycles. The maximum absolute atomic E-state index is 10.7. The number of aryl methyl sites for hydroxylation is 1. The van der Waals surface area contributed by atoms with Gasteiger partial charge in [-0.05, 0) is 32.9 Å². The smallest absolute Gasteiger partial charge is 0.303 e. The summed E-state index contributed by atoms with van der Waals surface area (Å²) in [6.45, 7) is 6.78. The van der Waals surface area contributed by atoms with Crippen LogP contribution in [-0.4, -0.2) is 39.3 Å². The lowest BCUT2D eigenvalue weighted by atomic mass is 10.2. The van der Waals surface area contributed by atoms with E-state index < -0.39 is 5.97 Å². The average Bonchev–Trinajstić information content (AvgIpc) is 2.88. The summed E-state index contributed by atoms with van der Waals surface area (Å²) in [6, 6.07) is 5.55. The third-order valence-corrected chi connectivity index (χ3v) is 3.34. The van der Waals surface area contributed by atoms with Gasteiger partial charge in [0.15, 0.2) is 11.5 Å². The van der Waals surface area contributed by atoms with Crippen molar-refractivity contribution in [3.05, 3.63) is 29.6 Å². The van der Waals surface area contributed by atoms with Crippen LogP contribution in [0.2, 0.25) is 0 Å². The van der Waals surface area contributed by atoms with Gasteiger partial charge in [-0.3, -0.25) is 4.79 Å². The molecule has 0 aliphatic rings. The predicted molar refractivity (Wildman–Crippen MR) is 84.4 cm³/mol. The number of carbonyl (C=O) groups is 1. The van der Waals surface area contributed by atoms with E-state index in [1.807, 2.05) is 39.0 Å². The molecule has 0 aliphatic carbocycles. The summed E-state index contributed by atoms with van der Waals surface area (Å²) >= 11 is 0. The quantitative estimate of drug-likeness (QED) is 0.804. The Bertz CT molecular complexity index is 682. The summed E-state index contributed by atoms with van der Waals surface area (Å²) in [4.78, 5) is 10.7. The monoisotopic (exact) mass is 319 g/mol. The van der Waals surface area contributed by atoms with Gasteiger partial charge in [0.2, 0.25) is 0 Å². The van der Waals surface area contributed by atoms with Gasteiger partial charge in [0, 0.05) is 12.5 Å². The summed E-state index contributed by atoms with van der Waals surface area (Å²) < 4.78 is 12.8. The van der Waals surface area contributed by atoms with Gasteiger partial charge in [0.25, 0.3) is 0 Å². The first-order valence-electron chi connectivity index (χ1n) is 7.59. The number of rotatable bonds is 8. The molecule has 0 unspecified atom stereocenters. The third-order valence-electron chi connectivity index (χ3n) is 3.34. The predicted octanol–water partition coefficient (Wildman–Crippen LogP) is 2.39. The van der Waals surface area contributed by atoms with Crippen molar-refractivity contribution in [3.8, 4) is 17.2 Å². The Labute approximate surface area is 134 Å². The standard InChI is InChI=1S/C16H21N3O4/c1-4-22-14-8-6-12(10-15(14)23-5-2)19-11(3)13(17-18-19)7-9-16(20)21/h6,8,10H,4-5,7,9H2,1-3H3,(H,20,21). The van der Waals surface area contributed by atoms with Gasteiger partial charge in [-0.1, -0.05) is 5.21 Å². The molecule has 0 saturated heterocycles. The summed E-state index contributed by atoms with van der Waals surface area (Å²) in [5.41, 5.74) is 2.29. The second-order valence-electron chi connectivity index (χ2n) is 4.92. The molecule has 2 rings (SSSR count). The van der Waals surface area contributed by atoms with Crippen molar-refractivity contribution in [1.82, 2.24) is 15.0 Å². The molecule has 0 radical (unpaired) electrons. The molecule has 0 bridgehead atoms. The lowest BCUT2D eigenvalue weighted by molar-refractivity contribution is -0.136. The first kappa shape index (κ1) is 16.8. The number of aliphatic carboxylic acids is 1. The van der Waals surface area contributed by atoms with Crippen molar-refractivity contribution in [1.29, 1.82) is 0 Å². The van der Waals surface area contributed by atoms with E-state index in [4.69, 9.17) is 14.6 Å². The van der Waals surface area contributed by atoms with Crippen molar-refractivity contribution in [2.75, 3.05) is 13.2 Å². The number of ether oxygens (including phenoxy) is 2. The average molecular weight is 319 g/mol. The van der Waals surface area contributed by atoms with Crippen molar-refractivity contribution < 1.29 is 19.4 Å². The zero-order chi connectivity index (χ0) is 16.8. The molecule has 0 fully saturated rings. The van der Waals surface area contributed by atoms with E-state index in [-0.39, 0.29) is 6.42 Å². The van der Waals surface area contributed by atoms with Crippen LogP contribution in [0.4, 0.5) is 0 Å². The number of aromatic nitrogens is 3. The Hall–Kier alpha value is -2.57. The van der Waals surface area contributed by atoms with Crippen molar-refractivity contribution in [2.24, 2.45) is 0 Å². The van der Waals surface area contributed by atoms with Gasteiger partial charge >= 0.3 is 5.97 Å². The number of benzene rings is 1. The first-order valence-corrected chi connectivity index (χ1v) is 7.59. The van der Waals surface area contributed by atoms with Crippen LogP contribution < -0.4 is 9.47 Å². The highest BCUT2D eigenvalue weighted by Crippen LogP contribution is 2.30. The molecule has 0 atom stereocenters. The molecule has 2 aromatic rings. The number of nitrogens with zero attached hydrogens (tertiary/aromatic N) is 3. The summed E-state index contributed by atoms with van der Waals surface area (Å²) in [6.07, 6.45) is 0.392. The van der Waals surface area contributed by atoms with Crippen LogP contribution in [0.5, 0.6) is 11.5 Å². The van der Waals surface area contributed by atoms with Crippen LogP contribution >= 0.6 is 0 Å². The van der Waals surface area contributed by atoms with E-state index in [0.29, 0.717) is 36.8 Å². The van der Waals surface area contributed by atoms with Crippen LogP contribution in [-0.2, 0) is 11.2 Å². The number of carboxylic acid groups (broad SMARTS) is 1. The molecule has 7 heteroatoms. The largest absolute Gasteiger partial charge is 0.490 e. The van der Waals surface area contributed by atoms with E-state index in [1.165, 1.54) is 0 Å². The maximum Gasteiger partial charge on any atom is 0.303 e. The Morgan fingerprint density at radius 3 is 2.57 bits per heavy atom. The highest BCUT2D eigenvalue weighted by atomic mass is 16.5. The van der Waals surface area contributed by atoms with E-state index in [9.17, 15) is 4.79 Å². The Morgan fingerprint density at radius 1 is 1.22 bits per heavy atom. The van der Waals surface area contributed by atoms with Gasteiger partial charge in [0.05, 0.1) is 36.7 Å². The minimum atomic E-state index is -0.848. The fraction of sp³-hybridized carbons (Fsp3) is 0.438. The minimum absolute atomic E-state index is 0.0347. The van der Waals surface area contributed by atoms with E-state index >= 15 is 0 Å². The SMILES string of the molecule is CCOc1ccc(-n2nnc(CCC(=O)O)c2C)cc1OCC. The molecular weight excluding hydrogens is 298 g/mol. The first-order chi connectivity index (χ1) is 11.1. The van der Waals surface area contributed by atoms with Gasteiger partial charge in [-0.2, -0.15) is 0 Å². The Balaban J connectivity index is 2.31. The lowest BCUT2D eigenvalue weighted by Gasteiger charge is -2.12. The van der Waals surface area contributed by atoms with E-state index in [1.54, 1.807) is 4.68 Å². The summed E-state index contributed by atoms with van der Waals surface area (Å²) in [5.74, 6) is 0.481. The van der Waals surface area contributed by atoms with Crippen LogP contribution in [0.3, 0.4) is 0 Å². The third kappa shape index (κ3) is 4.00. The molecule has 124 valence electrons. The van der Waals surface area contributed by atoms with Crippen LogP contribution in [0, 0.1) is 6.92 Å². The topological polar surface area (TPSA) is 86.5 Å². The second kappa shape index (κ2) is 7.62. The number of hydrogen-bond donors (Lipinski definition) is 1. The number of hydrogen-bond acceptors (Lipinski definition) is 5. The fourth-order valence-electron chi connectivity index (χ4n) is 2.23. The van der Waals surface area contributed by atoms with E-state index in [0.717, 1.165) is 11.4 Å². The molecule has 1 aromatic heterocycles. The molecule has 0 aliphatic heterocycles. The van der Waals surface area contributed by atoms with Crippen LogP contribution in [0.15, 0.2) is 18.2 Å². The molecule has 1 aromatic carbocycles. The molecule has 0 amide bonds. The zero-order valence-corrected chi connectivity index (χ0v) is 13.6. The van der Waals surface area contributed by atoms with Crippen molar-refractivity contribution in [2.45, 2.75) is 33.6 Å². The highest BCUT2D eigenvalue weighted by molar-refractivity contribution is 5.67. The van der Waals surface area contributed by atoms with Gasteiger partial charge in [-0.15, -0.1) is 5.10 Å². The molecule has 7 nitrogen and oxygen atoms in total. The fourth-order valence-corrected chi connectivity index (χ4v) is 2.23. The van der Waals surface area contributed by atoms with Gasteiger partial charge < -0.3 is 14.6 Å². The molecule has 0 spiro atoms. The molecule has 1 N–H and O–H groups in total. The highest BCUT2D eigenvalue weighted by Gasteiger charge is 2.14. The number of carboxylic acids is 1. The van der Waals surface area contributed by atoms with Crippen molar-refractivity contribution >= 4 is 5.97 Å². The summed E-state index contributed by atoms with van der Waals surface area (Å²) in [7, 11) is 0. The summed E-state index contributed by atoms with van der Waals surface area (Å²) in [5, 5.41) is 17.0. The molecule has 23 heavy (non-hydrogen) atoms. The molecule has 0 saturated carbocycles. The van der Waals surface area contributed by atoms with E-state index in [2.05, 4.69) is 10.3 Å². The normalized spacial score (nSPS) is 10.6. The lowest BCUT2D eigenvalue weighted by Crippen LogP contribution is -2.03. The molecular formula is C16H21N3O4. The van der Waals surface area contributed by atoms with Crippen LogP contribution in [0.1, 0.15) is 31.7 Å². The minimum Gasteiger partial charge on any atom is -0.490 e. The van der Waals surface area contributed by atoms with Gasteiger partial charge in [-0.25, -0.2) is 4.68 Å².